The number of hydrogen-bond acceptors (Lipinski definition) is 3. The third kappa shape index (κ3) is 8.17. The van der Waals surface area contributed by atoms with Crippen molar-refractivity contribution in [3.8, 4) is 0 Å². The summed E-state index contributed by atoms with van der Waals surface area (Å²) in [4.78, 5) is 21.6. The zero-order chi connectivity index (χ0) is 15.5. The quantitative estimate of drug-likeness (QED) is 0.482. The summed E-state index contributed by atoms with van der Waals surface area (Å²) in [6, 6.07) is 6.91. The van der Waals surface area contributed by atoms with Crippen LogP contribution in [0.25, 0.3) is 0 Å². The summed E-state index contributed by atoms with van der Waals surface area (Å²) in [5, 5.41) is 10.1. The molecule has 0 aliphatic heterocycles. The molecule has 4 nitrogen and oxygen atoms in total. The first-order valence-electron chi connectivity index (χ1n) is 6.17. The molecule has 1 aromatic rings. The van der Waals surface area contributed by atoms with Gasteiger partial charge < -0.3 is 9.84 Å². The van der Waals surface area contributed by atoms with Crippen LogP contribution in [0, 0.1) is 0 Å². The van der Waals surface area contributed by atoms with Gasteiger partial charge in [-0.05, 0) is 24.1 Å². The average molecular weight is 366 g/mol. The maximum absolute atomic E-state index is 11.2. The Morgan fingerprint density at radius 1 is 1.30 bits per heavy atom. The van der Waals surface area contributed by atoms with E-state index < -0.39 is 24.5 Å². The lowest BCUT2D eigenvalue weighted by Gasteiger charge is -2.16. The fraction of sp³-hybridized carbons (Fsp3) is 0.429. The molecule has 112 valence electrons. The highest BCUT2D eigenvalue weighted by atomic mass is 79.9. The molecule has 0 aliphatic carbocycles. The van der Waals surface area contributed by atoms with E-state index in [9.17, 15) is 9.59 Å². The Labute approximate surface area is 132 Å². The Balaban J connectivity index is 0.00000110. The zero-order valence-corrected chi connectivity index (χ0v) is 13.8. The Hall–Kier alpha value is -1.07. The second-order valence-electron chi connectivity index (χ2n) is 3.78. The van der Waals surface area contributed by atoms with Crippen LogP contribution in [0.1, 0.15) is 38.4 Å². The number of hydrogen-bond donors (Lipinski definition) is 1. The second kappa shape index (κ2) is 10.7. The number of aliphatic carboxylic acids is 1. The number of carboxylic acid groups (broad SMARTS) is 1. The van der Waals surface area contributed by atoms with E-state index in [1.807, 2.05) is 13.8 Å². The van der Waals surface area contributed by atoms with Crippen LogP contribution in [0.2, 0.25) is 5.02 Å². The molecule has 1 aromatic carbocycles. The molecular formula is C14H18BrClO4. The van der Waals surface area contributed by atoms with Gasteiger partial charge in [0.15, 0.2) is 0 Å². The van der Waals surface area contributed by atoms with Crippen molar-refractivity contribution in [2.24, 2.45) is 0 Å². The minimum Gasteiger partial charge on any atom is -0.481 e. The molecule has 0 heterocycles. The lowest BCUT2D eigenvalue weighted by Crippen LogP contribution is -2.14. The molecule has 0 aliphatic rings. The molecule has 0 amide bonds. The predicted molar refractivity (Wildman–Crippen MR) is 82.3 cm³/mol. The highest BCUT2D eigenvalue weighted by Crippen LogP contribution is 2.23. The first-order valence-corrected chi connectivity index (χ1v) is 7.67. The first kappa shape index (κ1) is 18.9. The third-order valence-corrected chi connectivity index (χ3v) is 2.43. The van der Waals surface area contributed by atoms with E-state index >= 15 is 0 Å². The van der Waals surface area contributed by atoms with Crippen molar-refractivity contribution in [1.29, 1.82) is 0 Å². The number of rotatable bonds is 5. The molecule has 1 unspecified atom stereocenters. The van der Waals surface area contributed by atoms with Crippen molar-refractivity contribution in [3.05, 3.63) is 34.9 Å². The molecule has 20 heavy (non-hydrogen) atoms. The molecular weight excluding hydrogens is 348 g/mol. The van der Waals surface area contributed by atoms with E-state index in [-0.39, 0.29) is 0 Å². The van der Waals surface area contributed by atoms with Gasteiger partial charge in [-0.25, -0.2) is 0 Å². The maximum Gasteiger partial charge on any atom is 0.317 e. The molecule has 0 fully saturated rings. The van der Waals surface area contributed by atoms with Crippen molar-refractivity contribution in [2.75, 3.05) is 5.33 Å². The van der Waals surface area contributed by atoms with E-state index in [0.29, 0.717) is 11.4 Å². The van der Waals surface area contributed by atoms with Gasteiger partial charge in [0.05, 0.1) is 0 Å². The average Bonchev–Trinajstić information content (AvgIpc) is 2.37. The topological polar surface area (TPSA) is 63.6 Å². The first-order chi connectivity index (χ1) is 9.44. The van der Waals surface area contributed by atoms with E-state index in [2.05, 4.69) is 15.9 Å². The molecule has 6 heteroatoms. The third-order valence-electron chi connectivity index (χ3n) is 2.18. The summed E-state index contributed by atoms with van der Waals surface area (Å²) in [7, 11) is 0. The summed E-state index contributed by atoms with van der Waals surface area (Å²) in [5.74, 6) is -1.93. The van der Waals surface area contributed by atoms with Gasteiger partial charge in [0.25, 0.3) is 0 Å². The Morgan fingerprint density at radius 2 is 1.80 bits per heavy atom. The van der Waals surface area contributed by atoms with E-state index in [0.717, 1.165) is 10.9 Å². The normalized spacial score (nSPS) is 11.0. The number of esters is 1. The van der Waals surface area contributed by atoms with Crippen LogP contribution in [0.15, 0.2) is 24.3 Å². The van der Waals surface area contributed by atoms with Gasteiger partial charge >= 0.3 is 11.9 Å². The number of carbonyl (C=O) groups excluding carboxylic acids is 1. The number of benzene rings is 1. The summed E-state index contributed by atoms with van der Waals surface area (Å²) in [6.07, 6.45) is -0.476. The van der Waals surface area contributed by atoms with Crippen LogP contribution in [0.4, 0.5) is 0 Å². The van der Waals surface area contributed by atoms with Gasteiger partial charge in [-0.2, -0.15) is 0 Å². The van der Waals surface area contributed by atoms with E-state index in [1.54, 1.807) is 24.3 Å². The Bertz CT molecular complexity index is 420. The molecule has 1 rings (SSSR count). The smallest absolute Gasteiger partial charge is 0.317 e. The Morgan fingerprint density at radius 3 is 2.20 bits per heavy atom. The van der Waals surface area contributed by atoms with Gasteiger partial charge in [-0.15, -0.1) is 0 Å². The van der Waals surface area contributed by atoms with Gasteiger partial charge in [-0.1, -0.05) is 53.5 Å². The van der Waals surface area contributed by atoms with Crippen molar-refractivity contribution in [1.82, 2.24) is 0 Å². The molecule has 1 atom stereocenters. The summed E-state index contributed by atoms with van der Waals surface area (Å²) < 4.78 is 5.07. The predicted octanol–water partition coefficient (Wildman–Crippen LogP) is 4.21. The van der Waals surface area contributed by atoms with Crippen LogP contribution < -0.4 is 0 Å². The Kier molecular flexibility index (Phi) is 10.1. The van der Waals surface area contributed by atoms with Crippen molar-refractivity contribution < 1.29 is 19.4 Å². The summed E-state index contributed by atoms with van der Waals surface area (Å²) in [5.41, 5.74) is 0.802. The fourth-order valence-electron chi connectivity index (χ4n) is 1.39. The molecule has 0 saturated carbocycles. The van der Waals surface area contributed by atoms with Gasteiger partial charge in [0.2, 0.25) is 0 Å². The lowest BCUT2D eigenvalue weighted by molar-refractivity contribution is -0.155. The number of carboxylic acids is 1. The molecule has 0 radical (unpaired) electrons. The van der Waals surface area contributed by atoms with Crippen LogP contribution in [0.5, 0.6) is 0 Å². The minimum absolute atomic E-state index is 0.431. The second-order valence-corrected chi connectivity index (χ2v) is 5.33. The number of carbonyl (C=O) groups is 2. The molecule has 1 N–H and O–H groups in total. The summed E-state index contributed by atoms with van der Waals surface area (Å²) in [6.45, 7) is 3.90. The standard InChI is InChI=1S/C12H13ClO4.C2H5Br/c1-2-10(17-12(16)7-11(14)15)8-3-5-9(13)6-4-8;1-2-3/h3-6,10H,2,7H2,1H3,(H,14,15);2H2,1H3. The monoisotopic (exact) mass is 364 g/mol. The number of halogens is 2. The lowest BCUT2D eigenvalue weighted by atomic mass is 10.1. The van der Waals surface area contributed by atoms with Gasteiger partial charge in [0, 0.05) is 10.4 Å². The minimum atomic E-state index is -1.19. The van der Waals surface area contributed by atoms with E-state index in [4.69, 9.17) is 21.4 Å². The van der Waals surface area contributed by atoms with Crippen molar-refractivity contribution >= 4 is 39.5 Å². The SMILES string of the molecule is CCBr.CCC(OC(=O)CC(=O)O)c1ccc(Cl)cc1. The zero-order valence-electron chi connectivity index (χ0n) is 11.4. The molecule has 0 aromatic heterocycles. The van der Waals surface area contributed by atoms with Gasteiger partial charge in [-0.3, -0.25) is 9.59 Å². The molecule has 0 bridgehead atoms. The molecule has 0 saturated heterocycles. The van der Waals surface area contributed by atoms with Crippen LogP contribution in [0.3, 0.4) is 0 Å². The van der Waals surface area contributed by atoms with Crippen LogP contribution >= 0.6 is 27.5 Å². The highest BCUT2D eigenvalue weighted by molar-refractivity contribution is 9.09. The molecule has 0 spiro atoms. The maximum atomic E-state index is 11.2. The highest BCUT2D eigenvalue weighted by Gasteiger charge is 2.16. The van der Waals surface area contributed by atoms with Gasteiger partial charge in [0.1, 0.15) is 12.5 Å². The number of alkyl halides is 1. The number of ether oxygens (including phenoxy) is 1. The van der Waals surface area contributed by atoms with Crippen LogP contribution in [-0.2, 0) is 14.3 Å². The van der Waals surface area contributed by atoms with Crippen LogP contribution in [-0.4, -0.2) is 22.4 Å². The van der Waals surface area contributed by atoms with E-state index in [1.165, 1.54) is 0 Å². The van der Waals surface area contributed by atoms with Crippen molar-refractivity contribution in [3.63, 3.8) is 0 Å². The largest absolute Gasteiger partial charge is 0.481 e. The summed E-state index contributed by atoms with van der Waals surface area (Å²) >= 11 is 8.89. The van der Waals surface area contributed by atoms with Crippen molar-refractivity contribution in [2.45, 2.75) is 32.8 Å². The fourth-order valence-corrected chi connectivity index (χ4v) is 1.51.